The van der Waals surface area contributed by atoms with Gasteiger partial charge >= 0.3 is 0 Å². The molecule has 0 aliphatic carbocycles. The van der Waals surface area contributed by atoms with E-state index in [1.807, 2.05) is 54.0 Å². The topological polar surface area (TPSA) is 59.8 Å². The number of halogens is 2. The van der Waals surface area contributed by atoms with Gasteiger partial charge < -0.3 is 9.88 Å². The van der Waals surface area contributed by atoms with Crippen LogP contribution >= 0.6 is 23.2 Å². The smallest absolute Gasteiger partial charge is 0.253 e. The van der Waals surface area contributed by atoms with Crippen LogP contribution in [0.25, 0.3) is 11.0 Å². The second kappa shape index (κ2) is 8.23. The van der Waals surface area contributed by atoms with Crippen LogP contribution in [-0.4, -0.2) is 20.4 Å². The molecule has 2 aromatic carbocycles. The predicted octanol–water partition coefficient (Wildman–Crippen LogP) is 5.28. The molecule has 0 aliphatic heterocycles. The van der Waals surface area contributed by atoms with Crippen molar-refractivity contribution in [2.45, 2.75) is 19.5 Å². The third-order valence-corrected chi connectivity index (χ3v) is 5.43. The predicted molar refractivity (Wildman–Crippen MR) is 115 cm³/mol. The number of pyridine rings is 1. The zero-order chi connectivity index (χ0) is 20.4. The monoisotopic (exact) mass is 424 g/mol. The minimum Gasteiger partial charge on any atom is -0.342 e. The van der Waals surface area contributed by atoms with E-state index in [0.717, 1.165) is 22.4 Å². The number of fused-ring (bicyclic) bond motifs is 1. The Balaban J connectivity index is 1.72. The molecule has 0 aliphatic rings. The molecule has 0 spiro atoms. The van der Waals surface area contributed by atoms with E-state index in [1.54, 1.807) is 18.3 Å². The minimum atomic E-state index is -0.337. The lowest BCUT2D eigenvalue weighted by molar-refractivity contribution is 0.0937. The molecule has 2 aromatic heterocycles. The van der Waals surface area contributed by atoms with E-state index in [1.165, 1.54) is 6.20 Å². The molecule has 7 heteroatoms. The Kier molecular flexibility index (Phi) is 5.51. The third kappa shape index (κ3) is 3.97. The van der Waals surface area contributed by atoms with Crippen molar-refractivity contribution in [1.82, 2.24) is 19.9 Å². The Morgan fingerprint density at radius 3 is 2.55 bits per heavy atom. The van der Waals surface area contributed by atoms with Crippen molar-refractivity contribution in [2.24, 2.45) is 0 Å². The van der Waals surface area contributed by atoms with Gasteiger partial charge in [0, 0.05) is 28.0 Å². The summed E-state index contributed by atoms with van der Waals surface area (Å²) in [4.78, 5) is 21.4. The summed E-state index contributed by atoms with van der Waals surface area (Å²) in [7, 11) is 0. The molecule has 4 aromatic rings. The lowest BCUT2D eigenvalue weighted by Gasteiger charge is -2.17. The first-order chi connectivity index (χ1) is 14.0. The molecule has 1 N–H and O–H groups in total. The average molecular weight is 425 g/mol. The molecule has 1 atom stereocenters. The molecule has 5 nitrogen and oxygen atoms in total. The summed E-state index contributed by atoms with van der Waals surface area (Å²) in [5.41, 5.74) is 3.09. The van der Waals surface area contributed by atoms with Crippen LogP contribution in [0.4, 0.5) is 0 Å². The third-order valence-electron chi connectivity index (χ3n) is 4.72. The molecule has 0 bridgehead atoms. The van der Waals surface area contributed by atoms with E-state index >= 15 is 0 Å². The van der Waals surface area contributed by atoms with Crippen LogP contribution < -0.4 is 5.32 Å². The Morgan fingerprint density at radius 1 is 1.07 bits per heavy atom. The summed E-state index contributed by atoms with van der Waals surface area (Å²) < 4.78 is 2.04. The first-order valence-electron chi connectivity index (χ1n) is 9.13. The number of imidazole rings is 1. The van der Waals surface area contributed by atoms with Gasteiger partial charge in [0.2, 0.25) is 0 Å². The van der Waals surface area contributed by atoms with Crippen molar-refractivity contribution >= 4 is 40.1 Å². The molecule has 0 saturated heterocycles. The number of para-hydroxylation sites is 2. The number of nitrogens with zero attached hydrogens (tertiary/aromatic N) is 3. The molecule has 0 fully saturated rings. The van der Waals surface area contributed by atoms with Crippen LogP contribution in [0.2, 0.25) is 10.0 Å². The normalized spacial score (nSPS) is 12.1. The van der Waals surface area contributed by atoms with Crippen molar-refractivity contribution in [3.63, 3.8) is 0 Å². The molecule has 0 saturated carbocycles. The number of carbonyl (C=O) groups excluding carboxylic acids is 1. The zero-order valence-corrected chi connectivity index (χ0v) is 17.2. The fraction of sp³-hybridized carbons (Fsp3) is 0.136. The number of aromatic nitrogens is 3. The molecule has 1 unspecified atom stereocenters. The van der Waals surface area contributed by atoms with Crippen molar-refractivity contribution in [3.8, 4) is 0 Å². The standard InChI is InChI=1S/C22H18Cl2N4O/c1-14(26-22(29)15-6-5-11-25-12-15)21-27-19-9-2-3-10-20(19)28(21)13-16-17(23)7-4-8-18(16)24/h2-12,14H,13H2,1H3,(H,26,29). The highest BCUT2D eigenvalue weighted by Crippen LogP contribution is 2.29. The molecule has 29 heavy (non-hydrogen) atoms. The summed E-state index contributed by atoms with van der Waals surface area (Å²) in [6.07, 6.45) is 3.17. The number of amides is 1. The van der Waals surface area contributed by atoms with Crippen molar-refractivity contribution in [3.05, 3.63) is 94.0 Å². The molecule has 146 valence electrons. The van der Waals surface area contributed by atoms with Crippen LogP contribution in [-0.2, 0) is 6.54 Å². The van der Waals surface area contributed by atoms with E-state index < -0.39 is 0 Å². The lowest BCUT2D eigenvalue weighted by Crippen LogP contribution is -2.29. The van der Waals surface area contributed by atoms with Crippen molar-refractivity contribution in [1.29, 1.82) is 0 Å². The molecule has 4 rings (SSSR count). The largest absolute Gasteiger partial charge is 0.342 e. The molecule has 2 heterocycles. The van der Waals surface area contributed by atoms with E-state index in [9.17, 15) is 4.79 Å². The van der Waals surface area contributed by atoms with Crippen LogP contribution in [0, 0.1) is 0 Å². The second-order valence-electron chi connectivity index (χ2n) is 6.68. The SMILES string of the molecule is CC(NC(=O)c1cccnc1)c1nc2ccccc2n1Cc1c(Cl)cccc1Cl. The average Bonchev–Trinajstić information content (AvgIpc) is 3.10. The molecule has 0 radical (unpaired) electrons. The fourth-order valence-corrected chi connectivity index (χ4v) is 3.79. The van der Waals surface area contributed by atoms with Gasteiger partial charge in [0.25, 0.3) is 5.91 Å². The lowest BCUT2D eigenvalue weighted by atomic mass is 10.2. The van der Waals surface area contributed by atoms with Gasteiger partial charge in [0.1, 0.15) is 5.82 Å². The number of nitrogens with one attached hydrogen (secondary N) is 1. The summed E-state index contributed by atoms with van der Waals surface area (Å²) in [5.74, 6) is 0.513. The second-order valence-corrected chi connectivity index (χ2v) is 7.50. The van der Waals surface area contributed by atoms with E-state index in [2.05, 4.69) is 10.3 Å². The summed E-state index contributed by atoms with van der Waals surface area (Å²) in [6.45, 7) is 2.35. The number of hydrogen-bond donors (Lipinski definition) is 1. The first-order valence-corrected chi connectivity index (χ1v) is 9.89. The highest BCUT2D eigenvalue weighted by molar-refractivity contribution is 6.36. The maximum absolute atomic E-state index is 12.6. The summed E-state index contributed by atoms with van der Waals surface area (Å²) in [6, 6.07) is 16.4. The van der Waals surface area contributed by atoms with Gasteiger partial charge in [-0.2, -0.15) is 0 Å². The summed E-state index contributed by atoms with van der Waals surface area (Å²) in [5, 5.41) is 4.18. The zero-order valence-electron chi connectivity index (χ0n) is 15.6. The maximum atomic E-state index is 12.6. The Bertz CT molecular complexity index is 1150. The number of hydrogen-bond acceptors (Lipinski definition) is 3. The van der Waals surface area contributed by atoms with Crippen LogP contribution in [0.1, 0.15) is 34.7 Å². The molecular weight excluding hydrogens is 407 g/mol. The fourth-order valence-electron chi connectivity index (χ4n) is 3.27. The number of carbonyl (C=O) groups is 1. The Labute approximate surface area is 178 Å². The minimum absolute atomic E-state index is 0.208. The number of rotatable bonds is 5. The van der Waals surface area contributed by atoms with Gasteiger partial charge in [0.15, 0.2) is 0 Å². The van der Waals surface area contributed by atoms with E-state index in [-0.39, 0.29) is 11.9 Å². The molecule has 1 amide bonds. The first kappa shape index (κ1) is 19.4. The number of benzene rings is 2. The van der Waals surface area contributed by atoms with Gasteiger partial charge in [-0.3, -0.25) is 9.78 Å². The Hall–Kier alpha value is -2.89. The quantitative estimate of drug-likeness (QED) is 0.474. The summed E-state index contributed by atoms with van der Waals surface area (Å²) >= 11 is 12.8. The Morgan fingerprint density at radius 2 is 1.83 bits per heavy atom. The van der Waals surface area contributed by atoms with Crippen LogP contribution in [0.15, 0.2) is 67.0 Å². The van der Waals surface area contributed by atoms with Crippen LogP contribution in [0.5, 0.6) is 0 Å². The van der Waals surface area contributed by atoms with E-state index in [4.69, 9.17) is 28.2 Å². The van der Waals surface area contributed by atoms with E-state index in [0.29, 0.717) is 22.2 Å². The van der Waals surface area contributed by atoms with Gasteiger partial charge in [-0.05, 0) is 43.3 Å². The van der Waals surface area contributed by atoms with Gasteiger partial charge in [-0.15, -0.1) is 0 Å². The highest BCUT2D eigenvalue weighted by Gasteiger charge is 2.20. The maximum Gasteiger partial charge on any atom is 0.253 e. The van der Waals surface area contributed by atoms with Crippen molar-refractivity contribution < 1.29 is 4.79 Å². The van der Waals surface area contributed by atoms with Gasteiger partial charge in [0.05, 0.1) is 29.2 Å². The molecular formula is C22H18Cl2N4O. The van der Waals surface area contributed by atoms with Crippen LogP contribution in [0.3, 0.4) is 0 Å². The highest BCUT2D eigenvalue weighted by atomic mass is 35.5. The van der Waals surface area contributed by atoms with Gasteiger partial charge in [-0.1, -0.05) is 41.4 Å². The van der Waals surface area contributed by atoms with Crippen molar-refractivity contribution in [2.75, 3.05) is 0 Å². The van der Waals surface area contributed by atoms with Gasteiger partial charge in [-0.25, -0.2) is 4.98 Å².